The van der Waals surface area contributed by atoms with Crippen LogP contribution in [0.4, 0.5) is 0 Å². The lowest BCUT2D eigenvalue weighted by Gasteiger charge is -2.58. The molecule has 1 aromatic carbocycles. The molecule has 2 nitrogen and oxygen atoms in total. The molecule has 4 aliphatic rings. The second kappa shape index (κ2) is 12.6. The molecule has 1 aromatic rings. The Bertz CT molecular complexity index is 1030. The van der Waals surface area contributed by atoms with Crippen molar-refractivity contribution in [3.63, 3.8) is 0 Å². The van der Waals surface area contributed by atoms with Crippen molar-refractivity contribution in [1.29, 1.82) is 0 Å². The van der Waals surface area contributed by atoms with Crippen molar-refractivity contribution in [3.05, 3.63) is 42.0 Å². The van der Waals surface area contributed by atoms with Gasteiger partial charge in [0.05, 0.1) is 0 Å². The van der Waals surface area contributed by atoms with Crippen LogP contribution in [-0.2, 0) is 4.79 Å². The predicted molar refractivity (Wildman–Crippen MR) is 171 cm³/mol. The monoisotopic (exact) mass is 564 g/mol. The zero-order chi connectivity index (χ0) is 28.5. The molecular formula is C37H56O2S. The molecule has 5 rings (SSSR count). The zero-order valence-corrected chi connectivity index (χ0v) is 27.1. The van der Waals surface area contributed by atoms with Gasteiger partial charge >= 0.3 is 0 Å². The number of thioether (sulfide) groups is 1. The lowest BCUT2D eigenvalue weighted by Crippen LogP contribution is -2.50. The van der Waals surface area contributed by atoms with Gasteiger partial charge < -0.3 is 4.74 Å². The number of allylic oxidation sites excluding steroid dienone is 2. The van der Waals surface area contributed by atoms with Gasteiger partial charge in [0, 0.05) is 5.25 Å². The molecule has 3 fully saturated rings. The van der Waals surface area contributed by atoms with Crippen LogP contribution in [0.3, 0.4) is 0 Å². The van der Waals surface area contributed by atoms with Crippen LogP contribution in [0.25, 0.3) is 0 Å². The van der Waals surface area contributed by atoms with Crippen LogP contribution in [0.15, 0.2) is 42.0 Å². The van der Waals surface area contributed by atoms with Crippen molar-refractivity contribution < 1.29 is 9.53 Å². The molecule has 3 saturated carbocycles. The SMILES string of the molecule is CC[C@@H](Oc1ccccc1)C(=O)S[C@H]1CC[C@@]2(C)C(=CC[C@@H]3[C@H]4CC[C@@H]([C@H](C)CCCC(C)C)[C@@]4(C)CC[C@H]32)C1. The fourth-order valence-corrected chi connectivity index (χ4v) is 11.1. The molecule has 0 aliphatic heterocycles. The van der Waals surface area contributed by atoms with Gasteiger partial charge in [0.2, 0.25) is 5.12 Å². The number of carbonyl (C=O) groups is 1. The average molecular weight is 565 g/mol. The van der Waals surface area contributed by atoms with Gasteiger partial charge in [-0.05, 0) is 116 Å². The van der Waals surface area contributed by atoms with E-state index < -0.39 is 0 Å². The summed E-state index contributed by atoms with van der Waals surface area (Å²) < 4.78 is 6.09. The van der Waals surface area contributed by atoms with Crippen LogP contribution in [0.1, 0.15) is 119 Å². The summed E-state index contributed by atoms with van der Waals surface area (Å²) >= 11 is 1.58. The van der Waals surface area contributed by atoms with Crippen molar-refractivity contribution in [2.24, 2.45) is 46.3 Å². The van der Waals surface area contributed by atoms with Crippen molar-refractivity contribution >= 4 is 16.9 Å². The second-order valence-electron chi connectivity index (χ2n) is 14.9. The molecule has 9 atom stereocenters. The second-order valence-corrected chi connectivity index (χ2v) is 16.2. The maximum atomic E-state index is 13.3. The summed E-state index contributed by atoms with van der Waals surface area (Å²) in [7, 11) is 0. The summed E-state index contributed by atoms with van der Waals surface area (Å²) in [6.45, 7) is 14.7. The normalized spacial score (nSPS) is 36.7. The van der Waals surface area contributed by atoms with Gasteiger partial charge in [-0.15, -0.1) is 0 Å². The van der Waals surface area contributed by atoms with Gasteiger partial charge in [-0.1, -0.05) is 102 Å². The lowest BCUT2D eigenvalue weighted by atomic mass is 9.47. The van der Waals surface area contributed by atoms with Crippen molar-refractivity contribution in [1.82, 2.24) is 0 Å². The van der Waals surface area contributed by atoms with Crippen LogP contribution in [-0.4, -0.2) is 16.5 Å². The van der Waals surface area contributed by atoms with Gasteiger partial charge in [0.1, 0.15) is 5.75 Å². The first-order valence-corrected chi connectivity index (χ1v) is 17.6. The Hall–Kier alpha value is -1.22. The lowest BCUT2D eigenvalue weighted by molar-refractivity contribution is -0.117. The molecule has 0 bridgehead atoms. The third kappa shape index (κ3) is 5.97. The average Bonchev–Trinajstić information content (AvgIpc) is 3.29. The molecule has 0 unspecified atom stereocenters. The quantitative estimate of drug-likeness (QED) is 0.264. The number of fused-ring (bicyclic) bond motifs is 5. The molecule has 0 spiro atoms. The first kappa shape index (κ1) is 30.2. The predicted octanol–water partition coefficient (Wildman–Crippen LogP) is 10.5. The minimum Gasteiger partial charge on any atom is -0.482 e. The standard InChI is InChI=1S/C37H56O2S/c1-7-34(39-28-14-9-8-10-15-28)35(38)40-29-20-22-36(5)27(24-29)16-17-30-32-19-18-31(26(4)13-11-12-25(2)3)37(32,6)23-21-33(30)36/h8-10,14-16,25-26,29-34H,7,11-13,17-24H2,1-6H3/t26-,29+,30-,31+,32-,33-,34-,36+,37-/m1/s1. The van der Waals surface area contributed by atoms with E-state index in [1.54, 1.807) is 17.3 Å². The van der Waals surface area contributed by atoms with Gasteiger partial charge in [0.25, 0.3) is 0 Å². The fourth-order valence-electron chi connectivity index (χ4n) is 9.95. The molecule has 3 heteroatoms. The van der Waals surface area contributed by atoms with Crippen molar-refractivity contribution in [2.45, 2.75) is 130 Å². The summed E-state index contributed by atoms with van der Waals surface area (Å²) in [4.78, 5) is 13.3. The van der Waals surface area contributed by atoms with E-state index in [2.05, 4.69) is 47.6 Å². The van der Waals surface area contributed by atoms with E-state index in [9.17, 15) is 4.79 Å². The maximum absolute atomic E-state index is 13.3. The highest BCUT2D eigenvalue weighted by Gasteiger charge is 2.59. The van der Waals surface area contributed by atoms with Gasteiger partial charge in [-0.25, -0.2) is 0 Å². The molecule has 0 radical (unpaired) electrons. The Morgan fingerprint density at radius 3 is 2.50 bits per heavy atom. The van der Waals surface area contributed by atoms with E-state index in [0.29, 0.717) is 16.1 Å². The smallest absolute Gasteiger partial charge is 0.229 e. The van der Waals surface area contributed by atoms with Gasteiger partial charge in [-0.3, -0.25) is 4.79 Å². The summed E-state index contributed by atoms with van der Waals surface area (Å²) in [6, 6.07) is 9.83. The molecule has 0 aromatic heterocycles. The van der Waals surface area contributed by atoms with Crippen LogP contribution >= 0.6 is 11.8 Å². The maximum Gasteiger partial charge on any atom is 0.229 e. The topological polar surface area (TPSA) is 26.3 Å². The van der Waals surface area contributed by atoms with Crippen LogP contribution in [0.5, 0.6) is 5.75 Å². The molecule has 0 saturated heterocycles. The Kier molecular flexibility index (Phi) is 9.50. The van der Waals surface area contributed by atoms with E-state index in [4.69, 9.17) is 4.74 Å². The fraction of sp³-hybridized carbons (Fsp3) is 0.757. The third-order valence-corrected chi connectivity index (χ3v) is 13.4. The number of carbonyl (C=O) groups excluding carboxylic acids is 1. The Labute approximate surface area is 249 Å². The van der Waals surface area contributed by atoms with Crippen molar-refractivity contribution in [2.75, 3.05) is 0 Å². The highest BCUT2D eigenvalue weighted by molar-refractivity contribution is 8.14. The van der Waals surface area contributed by atoms with Crippen LogP contribution in [0, 0.1) is 46.3 Å². The van der Waals surface area contributed by atoms with Gasteiger partial charge in [-0.2, -0.15) is 0 Å². The number of benzene rings is 1. The minimum absolute atomic E-state index is 0.210. The van der Waals surface area contributed by atoms with Gasteiger partial charge in [0.15, 0.2) is 6.10 Å². The largest absolute Gasteiger partial charge is 0.482 e. The molecular weight excluding hydrogens is 508 g/mol. The number of rotatable bonds is 10. The molecule has 222 valence electrons. The molecule has 40 heavy (non-hydrogen) atoms. The summed E-state index contributed by atoms with van der Waals surface area (Å²) in [5.74, 6) is 6.05. The molecule has 4 aliphatic carbocycles. The Morgan fingerprint density at radius 1 is 1.00 bits per heavy atom. The van der Waals surface area contributed by atoms with Crippen LogP contribution in [0.2, 0.25) is 0 Å². The first-order valence-electron chi connectivity index (χ1n) is 16.8. The highest BCUT2D eigenvalue weighted by Crippen LogP contribution is 2.67. The van der Waals surface area contributed by atoms with Crippen LogP contribution < -0.4 is 4.74 Å². The number of ether oxygens (including phenoxy) is 1. The molecule has 0 amide bonds. The molecule has 0 heterocycles. The summed E-state index contributed by atoms with van der Waals surface area (Å²) in [5.41, 5.74) is 2.58. The Morgan fingerprint density at radius 2 is 1.77 bits per heavy atom. The minimum atomic E-state index is -0.357. The van der Waals surface area contributed by atoms with E-state index in [1.165, 1.54) is 57.8 Å². The van der Waals surface area contributed by atoms with E-state index >= 15 is 0 Å². The zero-order valence-electron chi connectivity index (χ0n) is 26.3. The van der Waals surface area contributed by atoms with E-state index in [-0.39, 0.29) is 11.2 Å². The number of para-hydroxylation sites is 1. The highest BCUT2D eigenvalue weighted by atomic mass is 32.2. The summed E-state index contributed by atoms with van der Waals surface area (Å²) in [6.07, 6.45) is 17.8. The number of hydrogen-bond donors (Lipinski definition) is 0. The third-order valence-electron chi connectivity index (χ3n) is 12.2. The van der Waals surface area contributed by atoms with E-state index in [0.717, 1.165) is 60.5 Å². The Balaban J connectivity index is 1.22. The molecule has 0 N–H and O–H groups in total. The van der Waals surface area contributed by atoms with Crippen molar-refractivity contribution in [3.8, 4) is 5.75 Å². The summed E-state index contributed by atoms with van der Waals surface area (Å²) in [5, 5.41) is 0.607. The first-order chi connectivity index (χ1) is 19.2. The number of hydrogen-bond acceptors (Lipinski definition) is 3. The van der Waals surface area contributed by atoms with E-state index in [1.807, 2.05) is 30.3 Å².